The Hall–Kier alpha value is -2.04. The van der Waals surface area contributed by atoms with E-state index in [0.717, 1.165) is 11.4 Å². The standard InChI is InChI=1S/C16H24N2O3/c1-5-17(6-2)16(20)11-12-18(13(3)19)14-7-9-15(21-4)10-8-14/h7-10H,5-6,11-12H2,1-4H3. The monoisotopic (exact) mass is 292 g/mol. The number of benzene rings is 1. The predicted octanol–water partition coefficient (Wildman–Crippen LogP) is 2.31. The Bertz CT molecular complexity index is 467. The number of ether oxygens (including phenoxy) is 1. The fraction of sp³-hybridized carbons (Fsp3) is 0.500. The van der Waals surface area contributed by atoms with Gasteiger partial charge in [0.15, 0.2) is 0 Å². The fourth-order valence-electron chi connectivity index (χ4n) is 2.17. The molecule has 116 valence electrons. The van der Waals surface area contributed by atoms with Crippen molar-refractivity contribution in [1.29, 1.82) is 0 Å². The van der Waals surface area contributed by atoms with Gasteiger partial charge in [0.25, 0.3) is 0 Å². The molecular weight excluding hydrogens is 268 g/mol. The third-order valence-electron chi connectivity index (χ3n) is 3.43. The maximum Gasteiger partial charge on any atom is 0.224 e. The summed E-state index contributed by atoms with van der Waals surface area (Å²) in [6.07, 6.45) is 0.327. The number of hydrogen-bond acceptors (Lipinski definition) is 3. The van der Waals surface area contributed by atoms with Gasteiger partial charge in [-0.1, -0.05) is 0 Å². The highest BCUT2D eigenvalue weighted by molar-refractivity contribution is 5.92. The van der Waals surface area contributed by atoms with Crippen LogP contribution in [0.1, 0.15) is 27.2 Å². The van der Waals surface area contributed by atoms with Crippen LogP contribution < -0.4 is 9.64 Å². The first-order valence-electron chi connectivity index (χ1n) is 7.23. The minimum Gasteiger partial charge on any atom is -0.497 e. The van der Waals surface area contributed by atoms with E-state index < -0.39 is 0 Å². The van der Waals surface area contributed by atoms with Crippen molar-refractivity contribution in [2.75, 3.05) is 31.6 Å². The van der Waals surface area contributed by atoms with Crippen LogP contribution >= 0.6 is 0 Å². The Labute approximate surface area is 126 Å². The molecule has 1 rings (SSSR count). The number of methoxy groups -OCH3 is 1. The summed E-state index contributed by atoms with van der Waals surface area (Å²) in [6, 6.07) is 7.25. The quantitative estimate of drug-likeness (QED) is 0.775. The first-order chi connectivity index (χ1) is 10.0. The van der Waals surface area contributed by atoms with Crippen molar-refractivity contribution >= 4 is 17.5 Å². The van der Waals surface area contributed by atoms with Gasteiger partial charge in [-0.15, -0.1) is 0 Å². The molecule has 1 aromatic rings. The molecule has 0 heterocycles. The Morgan fingerprint density at radius 2 is 1.67 bits per heavy atom. The highest BCUT2D eigenvalue weighted by Crippen LogP contribution is 2.19. The zero-order chi connectivity index (χ0) is 15.8. The number of anilines is 1. The van der Waals surface area contributed by atoms with Gasteiger partial charge in [-0.25, -0.2) is 0 Å². The van der Waals surface area contributed by atoms with Crippen LogP contribution in [0.2, 0.25) is 0 Å². The van der Waals surface area contributed by atoms with Crippen LogP contribution in [0.4, 0.5) is 5.69 Å². The predicted molar refractivity (Wildman–Crippen MR) is 83.6 cm³/mol. The molecule has 5 heteroatoms. The van der Waals surface area contributed by atoms with Crippen molar-refractivity contribution in [2.24, 2.45) is 0 Å². The first kappa shape index (κ1) is 17.0. The maximum absolute atomic E-state index is 12.0. The van der Waals surface area contributed by atoms with Gasteiger partial charge in [-0.2, -0.15) is 0 Å². The van der Waals surface area contributed by atoms with E-state index in [2.05, 4.69) is 0 Å². The summed E-state index contributed by atoms with van der Waals surface area (Å²) in [7, 11) is 1.60. The minimum atomic E-state index is -0.0764. The molecule has 0 atom stereocenters. The molecule has 21 heavy (non-hydrogen) atoms. The van der Waals surface area contributed by atoms with Gasteiger partial charge in [-0.05, 0) is 38.1 Å². The van der Waals surface area contributed by atoms with E-state index in [0.29, 0.717) is 26.1 Å². The van der Waals surface area contributed by atoms with E-state index in [1.165, 1.54) is 6.92 Å². The second-order valence-corrected chi connectivity index (χ2v) is 4.68. The fourth-order valence-corrected chi connectivity index (χ4v) is 2.17. The molecule has 0 bridgehead atoms. The lowest BCUT2D eigenvalue weighted by atomic mass is 10.2. The molecule has 0 aromatic heterocycles. The molecule has 0 N–H and O–H groups in total. The summed E-state index contributed by atoms with van der Waals surface area (Å²) in [5, 5.41) is 0. The molecule has 0 unspecified atom stereocenters. The van der Waals surface area contributed by atoms with E-state index >= 15 is 0 Å². The summed E-state index contributed by atoms with van der Waals surface area (Å²) in [6.45, 7) is 7.18. The zero-order valence-electron chi connectivity index (χ0n) is 13.3. The number of carbonyl (C=O) groups excluding carboxylic acids is 2. The zero-order valence-corrected chi connectivity index (χ0v) is 13.3. The van der Waals surface area contributed by atoms with Crippen LogP contribution in [0.3, 0.4) is 0 Å². The molecule has 0 aliphatic carbocycles. The van der Waals surface area contributed by atoms with Gasteiger partial charge in [0, 0.05) is 38.7 Å². The van der Waals surface area contributed by atoms with Crippen LogP contribution in [0.15, 0.2) is 24.3 Å². The Morgan fingerprint density at radius 3 is 2.10 bits per heavy atom. The van der Waals surface area contributed by atoms with Crippen molar-refractivity contribution in [3.8, 4) is 5.75 Å². The second kappa shape index (κ2) is 8.29. The molecule has 0 spiro atoms. The summed E-state index contributed by atoms with van der Waals surface area (Å²) < 4.78 is 5.10. The lowest BCUT2D eigenvalue weighted by molar-refractivity contribution is -0.130. The van der Waals surface area contributed by atoms with Crippen molar-refractivity contribution < 1.29 is 14.3 Å². The molecule has 0 aliphatic rings. The molecule has 1 aromatic carbocycles. The summed E-state index contributed by atoms with van der Waals surface area (Å²) in [4.78, 5) is 27.2. The van der Waals surface area contributed by atoms with E-state index in [1.54, 1.807) is 29.0 Å². The number of nitrogens with zero attached hydrogens (tertiary/aromatic N) is 2. The number of amides is 2. The highest BCUT2D eigenvalue weighted by Gasteiger charge is 2.15. The van der Waals surface area contributed by atoms with Gasteiger partial charge in [0.1, 0.15) is 5.75 Å². The number of carbonyl (C=O) groups is 2. The van der Waals surface area contributed by atoms with Gasteiger partial charge in [0.2, 0.25) is 11.8 Å². The van der Waals surface area contributed by atoms with Crippen LogP contribution in [0, 0.1) is 0 Å². The van der Waals surface area contributed by atoms with Crippen molar-refractivity contribution in [2.45, 2.75) is 27.2 Å². The first-order valence-corrected chi connectivity index (χ1v) is 7.23. The van der Waals surface area contributed by atoms with Crippen molar-refractivity contribution in [3.05, 3.63) is 24.3 Å². The van der Waals surface area contributed by atoms with E-state index in [-0.39, 0.29) is 11.8 Å². The van der Waals surface area contributed by atoms with E-state index in [1.807, 2.05) is 26.0 Å². The Balaban J connectivity index is 2.74. The Kier molecular flexibility index (Phi) is 6.72. The molecule has 5 nitrogen and oxygen atoms in total. The van der Waals surface area contributed by atoms with Crippen molar-refractivity contribution in [1.82, 2.24) is 4.90 Å². The molecule has 0 fully saturated rings. The third-order valence-corrected chi connectivity index (χ3v) is 3.43. The SMILES string of the molecule is CCN(CC)C(=O)CCN(C(C)=O)c1ccc(OC)cc1. The van der Waals surface area contributed by atoms with Crippen LogP contribution in [0.25, 0.3) is 0 Å². The van der Waals surface area contributed by atoms with Gasteiger partial charge in [-0.3, -0.25) is 9.59 Å². The van der Waals surface area contributed by atoms with E-state index in [9.17, 15) is 9.59 Å². The smallest absolute Gasteiger partial charge is 0.224 e. The minimum absolute atomic E-state index is 0.0692. The van der Waals surface area contributed by atoms with E-state index in [4.69, 9.17) is 4.74 Å². The second-order valence-electron chi connectivity index (χ2n) is 4.68. The summed E-state index contributed by atoms with van der Waals surface area (Å²) in [5.41, 5.74) is 0.774. The summed E-state index contributed by atoms with van der Waals surface area (Å²) in [5.74, 6) is 0.730. The lowest BCUT2D eigenvalue weighted by Gasteiger charge is -2.24. The number of hydrogen-bond donors (Lipinski definition) is 0. The molecule has 0 saturated heterocycles. The molecule has 0 radical (unpaired) electrons. The van der Waals surface area contributed by atoms with Crippen molar-refractivity contribution in [3.63, 3.8) is 0 Å². The third kappa shape index (κ3) is 4.77. The molecule has 0 aliphatic heterocycles. The molecule has 2 amide bonds. The van der Waals surface area contributed by atoms with Gasteiger partial charge >= 0.3 is 0 Å². The summed E-state index contributed by atoms with van der Waals surface area (Å²) >= 11 is 0. The van der Waals surface area contributed by atoms with Crippen LogP contribution in [-0.4, -0.2) is 43.5 Å². The number of rotatable bonds is 7. The Morgan fingerprint density at radius 1 is 1.10 bits per heavy atom. The van der Waals surface area contributed by atoms with Gasteiger partial charge < -0.3 is 14.5 Å². The maximum atomic E-state index is 12.0. The molecule has 0 saturated carbocycles. The van der Waals surface area contributed by atoms with Crippen LogP contribution in [0.5, 0.6) is 5.75 Å². The largest absolute Gasteiger partial charge is 0.497 e. The topological polar surface area (TPSA) is 49.9 Å². The molecular formula is C16H24N2O3. The average molecular weight is 292 g/mol. The van der Waals surface area contributed by atoms with Crippen LogP contribution in [-0.2, 0) is 9.59 Å². The normalized spacial score (nSPS) is 10.1. The van der Waals surface area contributed by atoms with Gasteiger partial charge in [0.05, 0.1) is 7.11 Å². The highest BCUT2D eigenvalue weighted by atomic mass is 16.5. The average Bonchev–Trinajstić information content (AvgIpc) is 2.49. The lowest BCUT2D eigenvalue weighted by Crippen LogP contribution is -2.36.